The van der Waals surface area contributed by atoms with Crippen LogP contribution in [0.2, 0.25) is 0 Å². The lowest BCUT2D eigenvalue weighted by molar-refractivity contribution is -0.138. The van der Waals surface area contributed by atoms with Crippen LogP contribution in [0.4, 0.5) is 0 Å². The van der Waals surface area contributed by atoms with Crippen molar-refractivity contribution >= 4 is 18.4 Å². The zero-order valence-electron chi connectivity index (χ0n) is 6.00. The number of hydrogen-bond acceptors (Lipinski definition) is 2. The number of carboxylic acid groups (broad SMARTS) is 1. The van der Waals surface area contributed by atoms with Gasteiger partial charge in [0.05, 0.1) is 13.0 Å². The van der Waals surface area contributed by atoms with Crippen LogP contribution in [0.25, 0.3) is 0 Å². The van der Waals surface area contributed by atoms with Crippen molar-refractivity contribution in [3.63, 3.8) is 0 Å². The molecule has 1 N–H and O–H groups in total. The molecule has 0 aliphatic carbocycles. The standard InChI is InChI=1S/C6H12O3.ClH/c1-2-4-9-5-3-6(7)8;/h2-5H2,1H3,(H,7,8);1H. The van der Waals surface area contributed by atoms with Gasteiger partial charge < -0.3 is 9.84 Å². The molecule has 0 atom stereocenters. The second-order valence-electron chi connectivity index (χ2n) is 1.76. The van der Waals surface area contributed by atoms with Gasteiger partial charge in [0.1, 0.15) is 0 Å². The highest BCUT2D eigenvalue weighted by Gasteiger charge is 1.93. The molecule has 0 aromatic rings. The first-order valence-electron chi connectivity index (χ1n) is 3.07. The van der Waals surface area contributed by atoms with Gasteiger partial charge in [-0.1, -0.05) is 6.92 Å². The van der Waals surface area contributed by atoms with Gasteiger partial charge in [-0.25, -0.2) is 0 Å². The van der Waals surface area contributed by atoms with E-state index >= 15 is 0 Å². The molecule has 0 unspecified atom stereocenters. The van der Waals surface area contributed by atoms with Gasteiger partial charge in [0.2, 0.25) is 0 Å². The Hall–Kier alpha value is -0.280. The predicted octanol–water partition coefficient (Wildman–Crippen LogP) is 1.31. The number of hydrogen-bond donors (Lipinski definition) is 1. The van der Waals surface area contributed by atoms with Crippen molar-refractivity contribution in [2.24, 2.45) is 0 Å². The lowest BCUT2D eigenvalue weighted by Gasteiger charge is -1.96. The van der Waals surface area contributed by atoms with Crippen molar-refractivity contribution in [3.05, 3.63) is 0 Å². The number of rotatable bonds is 5. The molecular formula is C6H13ClO3. The Morgan fingerprint density at radius 3 is 2.50 bits per heavy atom. The normalized spacial score (nSPS) is 8.50. The van der Waals surface area contributed by atoms with E-state index in [4.69, 9.17) is 9.84 Å². The molecule has 0 spiro atoms. The molecule has 0 aliphatic heterocycles. The third-order valence-corrected chi connectivity index (χ3v) is 0.809. The van der Waals surface area contributed by atoms with Crippen LogP contribution < -0.4 is 0 Å². The van der Waals surface area contributed by atoms with Crippen LogP contribution in [0.5, 0.6) is 0 Å². The Kier molecular flexibility index (Phi) is 10.8. The Morgan fingerprint density at radius 2 is 2.10 bits per heavy atom. The number of carbonyl (C=O) groups is 1. The second kappa shape index (κ2) is 8.72. The van der Waals surface area contributed by atoms with E-state index in [2.05, 4.69) is 0 Å². The molecule has 4 heteroatoms. The molecule has 0 aromatic carbocycles. The fourth-order valence-electron chi connectivity index (χ4n) is 0.406. The Morgan fingerprint density at radius 1 is 1.50 bits per heavy atom. The molecule has 0 amide bonds. The van der Waals surface area contributed by atoms with Crippen LogP contribution in [0.1, 0.15) is 19.8 Å². The highest BCUT2D eigenvalue weighted by molar-refractivity contribution is 5.85. The first kappa shape index (κ1) is 12.4. The maximum Gasteiger partial charge on any atom is 0.305 e. The first-order valence-corrected chi connectivity index (χ1v) is 3.07. The van der Waals surface area contributed by atoms with E-state index in [1.165, 1.54) is 0 Å². The van der Waals surface area contributed by atoms with Crippen molar-refractivity contribution in [1.29, 1.82) is 0 Å². The molecule has 0 saturated heterocycles. The molecule has 0 aliphatic rings. The summed E-state index contributed by atoms with van der Waals surface area (Å²) in [7, 11) is 0. The van der Waals surface area contributed by atoms with Crippen molar-refractivity contribution in [2.45, 2.75) is 19.8 Å². The van der Waals surface area contributed by atoms with E-state index in [0.29, 0.717) is 13.2 Å². The summed E-state index contributed by atoms with van der Waals surface area (Å²) in [5, 5.41) is 8.13. The van der Waals surface area contributed by atoms with Gasteiger partial charge in [-0.15, -0.1) is 12.4 Å². The van der Waals surface area contributed by atoms with Gasteiger partial charge >= 0.3 is 5.97 Å². The van der Waals surface area contributed by atoms with Crippen LogP contribution in [-0.4, -0.2) is 24.3 Å². The fourth-order valence-corrected chi connectivity index (χ4v) is 0.406. The van der Waals surface area contributed by atoms with E-state index in [9.17, 15) is 4.79 Å². The van der Waals surface area contributed by atoms with Gasteiger partial charge in [0, 0.05) is 6.61 Å². The summed E-state index contributed by atoms with van der Waals surface area (Å²) in [6.07, 6.45) is 1.06. The molecule has 0 fully saturated rings. The average molecular weight is 169 g/mol. The fraction of sp³-hybridized carbons (Fsp3) is 0.833. The third-order valence-electron chi connectivity index (χ3n) is 0.809. The minimum atomic E-state index is -0.800. The van der Waals surface area contributed by atoms with Crippen LogP contribution in [0.3, 0.4) is 0 Å². The molecule has 10 heavy (non-hydrogen) atoms. The summed E-state index contributed by atoms with van der Waals surface area (Å²) in [6, 6.07) is 0. The van der Waals surface area contributed by atoms with Crippen LogP contribution >= 0.6 is 12.4 Å². The highest BCUT2D eigenvalue weighted by Crippen LogP contribution is 1.84. The largest absolute Gasteiger partial charge is 0.481 e. The lowest BCUT2D eigenvalue weighted by Crippen LogP contribution is -2.02. The minimum Gasteiger partial charge on any atom is -0.481 e. The van der Waals surface area contributed by atoms with E-state index in [0.717, 1.165) is 6.42 Å². The van der Waals surface area contributed by atoms with Gasteiger partial charge in [0.25, 0.3) is 0 Å². The summed E-state index contributed by atoms with van der Waals surface area (Å²) >= 11 is 0. The third kappa shape index (κ3) is 10.7. The summed E-state index contributed by atoms with van der Waals surface area (Å²) < 4.78 is 4.91. The molecule has 0 radical (unpaired) electrons. The Labute approximate surface area is 66.8 Å². The number of carboxylic acids is 1. The summed E-state index contributed by atoms with van der Waals surface area (Å²) in [5.41, 5.74) is 0. The molecule has 0 heterocycles. The highest BCUT2D eigenvalue weighted by atomic mass is 35.5. The van der Waals surface area contributed by atoms with E-state index in [1.54, 1.807) is 0 Å². The van der Waals surface area contributed by atoms with Crippen molar-refractivity contribution in [1.82, 2.24) is 0 Å². The van der Waals surface area contributed by atoms with E-state index in [1.807, 2.05) is 6.92 Å². The quantitative estimate of drug-likeness (QED) is 0.630. The van der Waals surface area contributed by atoms with Gasteiger partial charge in [-0.3, -0.25) is 4.79 Å². The monoisotopic (exact) mass is 168 g/mol. The maximum atomic E-state index is 9.88. The zero-order valence-corrected chi connectivity index (χ0v) is 6.82. The number of aliphatic carboxylic acids is 1. The molecule has 0 saturated carbocycles. The molecule has 0 bridgehead atoms. The summed E-state index contributed by atoms with van der Waals surface area (Å²) in [5.74, 6) is -0.800. The average Bonchev–Trinajstić information content (AvgIpc) is 1.80. The predicted molar refractivity (Wildman–Crippen MR) is 40.6 cm³/mol. The topological polar surface area (TPSA) is 46.5 Å². The first-order chi connectivity index (χ1) is 4.27. The van der Waals surface area contributed by atoms with Gasteiger partial charge in [0.15, 0.2) is 0 Å². The maximum absolute atomic E-state index is 9.88. The smallest absolute Gasteiger partial charge is 0.305 e. The van der Waals surface area contributed by atoms with Crippen LogP contribution in [-0.2, 0) is 9.53 Å². The molecule has 0 aromatic heterocycles. The van der Waals surface area contributed by atoms with Crippen molar-refractivity contribution in [2.75, 3.05) is 13.2 Å². The minimum absolute atomic E-state index is 0. The summed E-state index contributed by atoms with van der Waals surface area (Å²) in [4.78, 5) is 9.88. The molecule has 62 valence electrons. The van der Waals surface area contributed by atoms with Gasteiger partial charge in [-0.2, -0.15) is 0 Å². The van der Waals surface area contributed by atoms with Crippen LogP contribution in [0, 0.1) is 0 Å². The Balaban J connectivity index is 0. The molecular weight excluding hydrogens is 156 g/mol. The van der Waals surface area contributed by atoms with Crippen LogP contribution in [0.15, 0.2) is 0 Å². The summed E-state index contributed by atoms with van der Waals surface area (Å²) in [6.45, 7) is 2.98. The zero-order chi connectivity index (χ0) is 7.11. The van der Waals surface area contributed by atoms with E-state index in [-0.39, 0.29) is 18.8 Å². The second-order valence-corrected chi connectivity index (χ2v) is 1.76. The lowest BCUT2D eigenvalue weighted by atomic mass is 10.5. The van der Waals surface area contributed by atoms with Gasteiger partial charge in [-0.05, 0) is 6.42 Å². The Bertz CT molecular complexity index is 85.1. The number of ether oxygens (including phenoxy) is 1. The molecule has 3 nitrogen and oxygen atoms in total. The SMILES string of the molecule is CCCOCCC(=O)O.Cl. The van der Waals surface area contributed by atoms with E-state index < -0.39 is 5.97 Å². The van der Waals surface area contributed by atoms with Crippen molar-refractivity contribution in [3.8, 4) is 0 Å². The number of halogens is 1. The molecule has 0 rings (SSSR count). The van der Waals surface area contributed by atoms with Crippen molar-refractivity contribution < 1.29 is 14.6 Å².